The number of amides is 2. The number of hydrogen-bond donors (Lipinski definition) is 0. The second-order valence-corrected chi connectivity index (χ2v) is 8.09. The van der Waals surface area contributed by atoms with Crippen molar-refractivity contribution in [3.05, 3.63) is 64.7 Å². The van der Waals surface area contributed by atoms with E-state index in [2.05, 4.69) is 0 Å². The Morgan fingerprint density at radius 1 is 0.867 bits per heavy atom. The molecule has 0 aromatic heterocycles. The van der Waals surface area contributed by atoms with E-state index < -0.39 is 0 Å². The molecule has 0 saturated carbocycles. The lowest BCUT2D eigenvalue weighted by Crippen LogP contribution is -2.50. The molecule has 0 spiro atoms. The number of benzene rings is 2. The first-order valence-electron chi connectivity index (χ1n) is 10.5. The second kappa shape index (κ2) is 11.0. The maximum Gasteiger partial charge on any atom is 0.223 e. The molecule has 2 aromatic carbocycles. The van der Waals surface area contributed by atoms with E-state index in [9.17, 15) is 9.59 Å². The van der Waals surface area contributed by atoms with E-state index in [1.54, 1.807) is 0 Å². The van der Waals surface area contributed by atoms with Crippen LogP contribution < -0.4 is 4.74 Å². The maximum absolute atomic E-state index is 12.5. The molecule has 1 heterocycles. The fraction of sp³-hybridized carbons (Fsp3) is 0.417. The molecule has 3 rings (SSSR count). The van der Waals surface area contributed by atoms with Crippen LogP contribution >= 0.6 is 11.6 Å². The van der Waals surface area contributed by atoms with Gasteiger partial charge in [-0.25, -0.2) is 0 Å². The molecule has 160 valence electrons. The summed E-state index contributed by atoms with van der Waals surface area (Å²) in [5.74, 6) is 1.11. The first kappa shape index (κ1) is 22.2. The third-order valence-electron chi connectivity index (χ3n) is 5.35. The number of nitrogens with zero attached hydrogens (tertiary/aromatic N) is 2. The lowest BCUT2D eigenvalue weighted by atomic mass is 10.1. The van der Waals surface area contributed by atoms with E-state index in [0.717, 1.165) is 11.3 Å². The first-order valence-corrected chi connectivity index (χ1v) is 10.9. The van der Waals surface area contributed by atoms with Crippen LogP contribution in [-0.2, 0) is 16.0 Å². The Morgan fingerprint density at radius 3 is 2.03 bits per heavy atom. The molecule has 0 bridgehead atoms. The zero-order valence-electron chi connectivity index (χ0n) is 17.5. The van der Waals surface area contributed by atoms with Crippen LogP contribution in [0, 0.1) is 6.92 Å². The van der Waals surface area contributed by atoms with Crippen molar-refractivity contribution in [2.75, 3.05) is 32.8 Å². The van der Waals surface area contributed by atoms with Crippen molar-refractivity contribution in [1.29, 1.82) is 0 Å². The highest BCUT2D eigenvalue weighted by molar-refractivity contribution is 6.30. The molecule has 0 N–H and O–H groups in total. The van der Waals surface area contributed by atoms with Gasteiger partial charge in [-0.05, 0) is 49.6 Å². The van der Waals surface area contributed by atoms with Crippen LogP contribution in [0.2, 0.25) is 5.02 Å². The number of rotatable bonds is 8. The quantitative estimate of drug-likeness (QED) is 0.594. The zero-order valence-corrected chi connectivity index (χ0v) is 18.2. The number of hydrogen-bond acceptors (Lipinski definition) is 3. The number of carbonyl (C=O) groups is 2. The van der Waals surface area contributed by atoms with E-state index in [4.69, 9.17) is 16.3 Å². The minimum Gasteiger partial charge on any atom is -0.494 e. The molecule has 1 aliphatic rings. The van der Waals surface area contributed by atoms with E-state index in [1.165, 1.54) is 5.56 Å². The van der Waals surface area contributed by atoms with Gasteiger partial charge in [-0.2, -0.15) is 0 Å². The summed E-state index contributed by atoms with van der Waals surface area (Å²) < 4.78 is 5.69. The molecule has 6 heteroatoms. The van der Waals surface area contributed by atoms with E-state index in [1.807, 2.05) is 65.3 Å². The largest absolute Gasteiger partial charge is 0.494 e. The Labute approximate surface area is 183 Å². The molecular weight excluding hydrogens is 400 g/mol. The van der Waals surface area contributed by atoms with Gasteiger partial charge in [0.1, 0.15) is 5.75 Å². The molecule has 5 nitrogen and oxygen atoms in total. The van der Waals surface area contributed by atoms with Gasteiger partial charge in [0.15, 0.2) is 0 Å². The van der Waals surface area contributed by atoms with Gasteiger partial charge in [0.2, 0.25) is 11.8 Å². The second-order valence-electron chi connectivity index (χ2n) is 7.65. The van der Waals surface area contributed by atoms with Crippen molar-refractivity contribution in [3.8, 4) is 5.75 Å². The lowest BCUT2D eigenvalue weighted by Gasteiger charge is -2.35. The molecule has 1 fully saturated rings. The zero-order chi connectivity index (χ0) is 21.3. The molecule has 1 aliphatic heterocycles. The number of carbonyl (C=O) groups excluding carboxylic acids is 2. The maximum atomic E-state index is 12.5. The van der Waals surface area contributed by atoms with Crippen LogP contribution in [0.3, 0.4) is 0 Å². The fourth-order valence-electron chi connectivity index (χ4n) is 3.47. The summed E-state index contributed by atoms with van der Waals surface area (Å²) >= 11 is 5.89. The number of halogens is 1. The van der Waals surface area contributed by atoms with E-state index in [-0.39, 0.29) is 11.8 Å². The standard InChI is InChI=1S/C24H29ClN2O3/c1-19-4-11-22(12-5-19)30-18-2-3-23(28)26-14-16-27(17-15-26)24(29)13-8-20-6-9-21(25)10-7-20/h4-7,9-12H,2-3,8,13-18H2,1H3. The highest BCUT2D eigenvalue weighted by Crippen LogP contribution is 2.14. The topological polar surface area (TPSA) is 49.9 Å². The summed E-state index contributed by atoms with van der Waals surface area (Å²) in [7, 11) is 0. The van der Waals surface area contributed by atoms with Crippen LogP contribution in [0.25, 0.3) is 0 Å². The van der Waals surface area contributed by atoms with Crippen LogP contribution in [0.1, 0.15) is 30.4 Å². The minimum atomic E-state index is 0.135. The van der Waals surface area contributed by atoms with Gasteiger partial charge in [-0.3, -0.25) is 9.59 Å². The Balaban J connectivity index is 1.32. The van der Waals surface area contributed by atoms with E-state index >= 15 is 0 Å². The molecule has 2 amide bonds. The third-order valence-corrected chi connectivity index (χ3v) is 5.60. The van der Waals surface area contributed by atoms with Gasteiger partial charge in [-0.1, -0.05) is 41.4 Å². The van der Waals surface area contributed by atoms with Gasteiger partial charge < -0.3 is 14.5 Å². The number of aryl methyl sites for hydroxylation is 2. The Kier molecular flexibility index (Phi) is 8.14. The average molecular weight is 429 g/mol. The smallest absolute Gasteiger partial charge is 0.223 e. The highest BCUT2D eigenvalue weighted by Gasteiger charge is 2.23. The predicted molar refractivity (Wildman–Crippen MR) is 119 cm³/mol. The van der Waals surface area contributed by atoms with Gasteiger partial charge in [0.05, 0.1) is 6.61 Å². The SMILES string of the molecule is Cc1ccc(OCCCC(=O)N2CCN(C(=O)CCc3ccc(Cl)cc3)CC2)cc1. The molecule has 0 unspecified atom stereocenters. The molecule has 0 aliphatic carbocycles. The van der Waals surface area contributed by atoms with Crippen molar-refractivity contribution < 1.29 is 14.3 Å². The molecular formula is C24H29ClN2O3. The monoisotopic (exact) mass is 428 g/mol. The summed E-state index contributed by atoms with van der Waals surface area (Å²) in [5, 5.41) is 0.701. The molecule has 0 atom stereocenters. The van der Waals surface area contributed by atoms with E-state index in [0.29, 0.717) is 63.5 Å². The Bertz CT molecular complexity index is 829. The Hall–Kier alpha value is -2.53. The molecule has 0 radical (unpaired) electrons. The van der Waals surface area contributed by atoms with Crippen LogP contribution in [-0.4, -0.2) is 54.4 Å². The molecule has 2 aromatic rings. The summed E-state index contributed by atoms with van der Waals surface area (Å²) in [4.78, 5) is 28.6. The first-order chi connectivity index (χ1) is 14.5. The third kappa shape index (κ3) is 6.77. The Morgan fingerprint density at radius 2 is 1.43 bits per heavy atom. The summed E-state index contributed by atoms with van der Waals surface area (Å²) in [6, 6.07) is 15.5. The lowest BCUT2D eigenvalue weighted by molar-refractivity contribution is -0.139. The van der Waals surface area contributed by atoms with Crippen molar-refractivity contribution in [1.82, 2.24) is 9.80 Å². The van der Waals surface area contributed by atoms with Gasteiger partial charge in [-0.15, -0.1) is 0 Å². The minimum absolute atomic E-state index is 0.135. The normalized spacial score (nSPS) is 13.9. The van der Waals surface area contributed by atoms with Crippen molar-refractivity contribution in [3.63, 3.8) is 0 Å². The summed E-state index contributed by atoms with van der Waals surface area (Å²) in [6.07, 6.45) is 2.34. The van der Waals surface area contributed by atoms with Gasteiger partial charge in [0.25, 0.3) is 0 Å². The van der Waals surface area contributed by atoms with Crippen LogP contribution in [0.15, 0.2) is 48.5 Å². The number of ether oxygens (including phenoxy) is 1. The average Bonchev–Trinajstić information content (AvgIpc) is 2.77. The molecule has 30 heavy (non-hydrogen) atoms. The van der Waals surface area contributed by atoms with Crippen LogP contribution in [0.5, 0.6) is 5.75 Å². The van der Waals surface area contributed by atoms with Crippen molar-refractivity contribution in [2.45, 2.75) is 32.6 Å². The summed E-state index contributed by atoms with van der Waals surface area (Å²) in [6.45, 7) is 4.97. The van der Waals surface area contributed by atoms with Crippen molar-refractivity contribution >= 4 is 23.4 Å². The number of piperazine rings is 1. The predicted octanol–water partition coefficient (Wildman–Crippen LogP) is 4.11. The van der Waals surface area contributed by atoms with Crippen molar-refractivity contribution in [2.24, 2.45) is 0 Å². The molecule has 1 saturated heterocycles. The van der Waals surface area contributed by atoms with Gasteiger partial charge in [0, 0.05) is 44.0 Å². The highest BCUT2D eigenvalue weighted by atomic mass is 35.5. The van der Waals surface area contributed by atoms with Crippen LogP contribution in [0.4, 0.5) is 0 Å². The summed E-state index contributed by atoms with van der Waals surface area (Å²) in [5.41, 5.74) is 2.30. The fourth-order valence-corrected chi connectivity index (χ4v) is 3.60. The van der Waals surface area contributed by atoms with Gasteiger partial charge >= 0.3 is 0 Å².